The maximum Gasteiger partial charge on any atom is 0.225 e. The van der Waals surface area contributed by atoms with Crippen molar-refractivity contribution in [2.24, 2.45) is 0 Å². The Labute approximate surface area is 122 Å². The first kappa shape index (κ1) is 14.6. The van der Waals surface area contributed by atoms with Crippen LogP contribution in [0.15, 0.2) is 35.5 Å². The molecule has 5 nitrogen and oxygen atoms in total. The summed E-state index contributed by atoms with van der Waals surface area (Å²) in [6.45, 7) is 2.77. The van der Waals surface area contributed by atoms with Gasteiger partial charge >= 0.3 is 0 Å². The molecule has 20 heavy (non-hydrogen) atoms. The molecule has 0 saturated carbocycles. The number of hydrogen-bond donors (Lipinski definition) is 2. The van der Waals surface area contributed by atoms with Gasteiger partial charge in [-0.2, -0.15) is 4.98 Å². The molecule has 106 valence electrons. The van der Waals surface area contributed by atoms with Crippen molar-refractivity contribution in [1.82, 2.24) is 9.97 Å². The van der Waals surface area contributed by atoms with Crippen molar-refractivity contribution in [1.29, 1.82) is 0 Å². The van der Waals surface area contributed by atoms with Crippen LogP contribution in [0.3, 0.4) is 0 Å². The van der Waals surface area contributed by atoms with Gasteiger partial charge < -0.3 is 15.2 Å². The van der Waals surface area contributed by atoms with E-state index in [1.807, 2.05) is 31.4 Å². The molecule has 1 aromatic carbocycles. The second kappa shape index (κ2) is 7.12. The fourth-order valence-electron chi connectivity index (χ4n) is 1.65. The lowest BCUT2D eigenvalue weighted by Gasteiger charge is -2.09. The number of anilines is 1. The molecule has 2 N–H and O–H groups in total. The van der Waals surface area contributed by atoms with Gasteiger partial charge in [0.2, 0.25) is 5.88 Å². The highest BCUT2D eigenvalue weighted by atomic mass is 32.2. The topological polar surface area (TPSA) is 67.3 Å². The first-order chi connectivity index (χ1) is 9.75. The SMILES string of the molecule is CCNc1cc(Oc2cccc(CO)c2)nc(SC)n1. The average Bonchev–Trinajstić information content (AvgIpc) is 2.47. The Kier molecular flexibility index (Phi) is 5.20. The van der Waals surface area contributed by atoms with E-state index in [1.165, 1.54) is 11.8 Å². The van der Waals surface area contributed by atoms with Crippen LogP contribution in [0.2, 0.25) is 0 Å². The van der Waals surface area contributed by atoms with Crippen molar-refractivity contribution in [3.8, 4) is 11.6 Å². The number of aliphatic hydroxyl groups excluding tert-OH is 1. The van der Waals surface area contributed by atoms with Crippen molar-refractivity contribution < 1.29 is 9.84 Å². The molecule has 0 amide bonds. The molecule has 0 saturated heterocycles. The van der Waals surface area contributed by atoms with E-state index in [0.29, 0.717) is 16.8 Å². The smallest absolute Gasteiger partial charge is 0.225 e. The average molecular weight is 291 g/mol. The number of nitrogens with one attached hydrogen (secondary N) is 1. The van der Waals surface area contributed by atoms with E-state index >= 15 is 0 Å². The van der Waals surface area contributed by atoms with Crippen molar-refractivity contribution >= 4 is 17.6 Å². The lowest BCUT2D eigenvalue weighted by Crippen LogP contribution is -2.02. The van der Waals surface area contributed by atoms with Crippen molar-refractivity contribution in [2.45, 2.75) is 18.7 Å². The maximum atomic E-state index is 9.13. The van der Waals surface area contributed by atoms with Crippen LogP contribution in [-0.4, -0.2) is 27.9 Å². The van der Waals surface area contributed by atoms with Crippen molar-refractivity contribution in [2.75, 3.05) is 18.1 Å². The predicted octanol–water partition coefficient (Wildman–Crippen LogP) is 2.91. The Morgan fingerprint density at radius 1 is 1.30 bits per heavy atom. The summed E-state index contributed by atoms with van der Waals surface area (Å²) in [5.74, 6) is 1.86. The van der Waals surface area contributed by atoms with Crippen LogP contribution in [0, 0.1) is 0 Å². The van der Waals surface area contributed by atoms with Gasteiger partial charge in [-0.3, -0.25) is 0 Å². The standard InChI is InChI=1S/C14H17N3O2S/c1-3-15-12-8-13(17-14(16-12)20-2)19-11-6-4-5-10(7-11)9-18/h4-8,18H,3,9H2,1-2H3,(H,15,16,17). The number of nitrogens with zero attached hydrogens (tertiary/aromatic N) is 2. The minimum atomic E-state index is -0.0142. The molecule has 2 aromatic rings. The predicted molar refractivity (Wildman–Crippen MR) is 80.4 cm³/mol. The number of ether oxygens (including phenoxy) is 1. The third kappa shape index (κ3) is 3.85. The van der Waals surface area contributed by atoms with Crippen molar-refractivity contribution in [3.63, 3.8) is 0 Å². The second-order valence-corrected chi connectivity index (χ2v) is 4.79. The summed E-state index contributed by atoms with van der Waals surface area (Å²) in [5, 5.41) is 12.9. The van der Waals surface area contributed by atoms with Crippen LogP contribution in [0.5, 0.6) is 11.6 Å². The first-order valence-corrected chi connectivity index (χ1v) is 7.52. The largest absolute Gasteiger partial charge is 0.439 e. The fourth-order valence-corrected chi connectivity index (χ4v) is 2.02. The number of aliphatic hydroxyl groups is 1. The molecule has 0 unspecified atom stereocenters. The quantitative estimate of drug-likeness (QED) is 0.630. The fraction of sp³-hybridized carbons (Fsp3) is 0.286. The molecule has 2 rings (SSSR count). The van der Waals surface area contributed by atoms with Crippen LogP contribution in [0.4, 0.5) is 5.82 Å². The van der Waals surface area contributed by atoms with Gasteiger partial charge in [0.15, 0.2) is 5.16 Å². The number of thioether (sulfide) groups is 1. The molecule has 1 heterocycles. The minimum absolute atomic E-state index is 0.0142. The van der Waals surface area contributed by atoms with Crippen LogP contribution in [-0.2, 0) is 6.61 Å². The van der Waals surface area contributed by atoms with Gasteiger partial charge in [0.05, 0.1) is 6.61 Å². The van der Waals surface area contributed by atoms with Gasteiger partial charge in [0.25, 0.3) is 0 Å². The van der Waals surface area contributed by atoms with Gasteiger partial charge in [0, 0.05) is 12.6 Å². The third-order valence-corrected chi connectivity index (χ3v) is 3.07. The van der Waals surface area contributed by atoms with Gasteiger partial charge in [-0.1, -0.05) is 23.9 Å². The lowest BCUT2D eigenvalue weighted by molar-refractivity contribution is 0.281. The second-order valence-electron chi connectivity index (χ2n) is 4.02. The highest BCUT2D eigenvalue weighted by molar-refractivity contribution is 7.98. The summed E-state index contributed by atoms with van der Waals surface area (Å²) >= 11 is 1.46. The van der Waals surface area contributed by atoms with Gasteiger partial charge in [-0.05, 0) is 30.9 Å². The zero-order valence-electron chi connectivity index (χ0n) is 11.5. The Bertz CT molecular complexity index is 578. The van der Waals surface area contributed by atoms with E-state index in [1.54, 1.807) is 12.1 Å². The summed E-state index contributed by atoms with van der Waals surface area (Å²) in [4.78, 5) is 8.65. The van der Waals surface area contributed by atoms with Gasteiger partial charge in [0.1, 0.15) is 11.6 Å². The van der Waals surface area contributed by atoms with E-state index in [-0.39, 0.29) is 6.61 Å². The van der Waals surface area contributed by atoms with Crippen LogP contribution in [0.25, 0.3) is 0 Å². The molecule has 0 atom stereocenters. The molecule has 0 fully saturated rings. The Morgan fingerprint density at radius 3 is 2.85 bits per heavy atom. The highest BCUT2D eigenvalue weighted by Crippen LogP contribution is 2.24. The van der Waals surface area contributed by atoms with E-state index in [2.05, 4.69) is 15.3 Å². The van der Waals surface area contributed by atoms with E-state index < -0.39 is 0 Å². The van der Waals surface area contributed by atoms with Gasteiger partial charge in [-0.25, -0.2) is 4.98 Å². The molecular weight excluding hydrogens is 274 g/mol. The molecule has 0 aliphatic rings. The highest BCUT2D eigenvalue weighted by Gasteiger charge is 2.06. The van der Waals surface area contributed by atoms with Crippen LogP contribution >= 0.6 is 11.8 Å². The van der Waals surface area contributed by atoms with Crippen LogP contribution < -0.4 is 10.1 Å². The summed E-state index contributed by atoms with van der Waals surface area (Å²) in [5.41, 5.74) is 0.800. The Morgan fingerprint density at radius 2 is 2.15 bits per heavy atom. The molecule has 0 bridgehead atoms. The molecule has 6 heteroatoms. The first-order valence-electron chi connectivity index (χ1n) is 6.29. The Hall–Kier alpha value is -1.79. The molecule has 1 aromatic heterocycles. The molecule has 0 spiro atoms. The van der Waals surface area contributed by atoms with Gasteiger partial charge in [-0.15, -0.1) is 0 Å². The third-order valence-electron chi connectivity index (χ3n) is 2.53. The molecular formula is C14H17N3O2S. The number of benzene rings is 1. The number of aromatic nitrogens is 2. The monoisotopic (exact) mass is 291 g/mol. The summed E-state index contributed by atoms with van der Waals surface area (Å²) in [7, 11) is 0. The minimum Gasteiger partial charge on any atom is -0.439 e. The summed E-state index contributed by atoms with van der Waals surface area (Å²) < 4.78 is 5.73. The maximum absolute atomic E-state index is 9.13. The molecule has 0 aliphatic heterocycles. The van der Waals surface area contributed by atoms with Crippen LogP contribution in [0.1, 0.15) is 12.5 Å². The van der Waals surface area contributed by atoms with E-state index in [9.17, 15) is 0 Å². The number of hydrogen-bond acceptors (Lipinski definition) is 6. The zero-order chi connectivity index (χ0) is 14.4. The van der Waals surface area contributed by atoms with E-state index in [4.69, 9.17) is 9.84 Å². The zero-order valence-corrected chi connectivity index (χ0v) is 12.3. The molecule has 0 aliphatic carbocycles. The number of rotatable bonds is 6. The van der Waals surface area contributed by atoms with E-state index in [0.717, 1.165) is 17.9 Å². The summed E-state index contributed by atoms with van der Waals surface area (Å²) in [6, 6.07) is 9.04. The summed E-state index contributed by atoms with van der Waals surface area (Å²) in [6.07, 6.45) is 1.92. The normalized spacial score (nSPS) is 10.3. The van der Waals surface area contributed by atoms with Crippen molar-refractivity contribution in [3.05, 3.63) is 35.9 Å². The molecule has 0 radical (unpaired) electrons. The Balaban J connectivity index is 2.24. The lowest BCUT2D eigenvalue weighted by atomic mass is 10.2.